The first kappa shape index (κ1) is 22.2. The summed E-state index contributed by atoms with van der Waals surface area (Å²) in [5.74, 6) is -1.42. The van der Waals surface area contributed by atoms with Crippen molar-refractivity contribution in [1.82, 2.24) is 0 Å². The molecule has 0 bridgehead atoms. The summed E-state index contributed by atoms with van der Waals surface area (Å²) < 4.78 is 0. The van der Waals surface area contributed by atoms with Gasteiger partial charge in [-0.2, -0.15) is 0 Å². The summed E-state index contributed by atoms with van der Waals surface area (Å²) in [5.41, 5.74) is -2.32. The third kappa shape index (κ3) is 4.05. The Labute approximate surface area is 165 Å². The molecular weight excluding hydrogens is 340 g/mol. The predicted molar refractivity (Wildman–Crippen MR) is 108 cm³/mol. The van der Waals surface area contributed by atoms with Crippen LogP contribution in [0.15, 0.2) is 0 Å². The Kier molecular flexibility index (Phi) is 7.38. The van der Waals surface area contributed by atoms with Crippen molar-refractivity contribution in [3.05, 3.63) is 0 Å². The molecule has 0 aromatic rings. The Morgan fingerprint density at radius 2 is 1.00 bits per heavy atom. The maximum Gasteiger partial charge on any atom is 0.311 e. The molecule has 0 radical (unpaired) electrons. The molecule has 0 saturated heterocycles. The van der Waals surface area contributed by atoms with E-state index >= 15 is 0 Å². The normalized spacial score (nSPS) is 24.1. The van der Waals surface area contributed by atoms with Crippen LogP contribution in [0.3, 0.4) is 0 Å². The largest absolute Gasteiger partial charge is 0.481 e. The summed E-state index contributed by atoms with van der Waals surface area (Å²) in [5, 5.41) is 21.4. The van der Waals surface area contributed by atoms with Gasteiger partial charge in [0, 0.05) is 0 Å². The lowest BCUT2D eigenvalue weighted by atomic mass is 9.46. The highest BCUT2D eigenvalue weighted by Crippen LogP contribution is 2.62. The van der Waals surface area contributed by atoms with Crippen molar-refractivity contribution in [1.29, 1.82) is 0 Å². The number of carboxylic acid groups (broad SMARTS) is 2. The average molecular weight is 381 g/mol. The van der Waals surface area contributed by atoms with Gasteiger partial charge in [-0.05, 0) is 62.2 Å². The molecule has 0 aliphatic heterocycles. The lowest BCUT2D eigenvalue weighted by Crippen LogP contribution is -2.61. The predicted octanol–water partition coefficient (Wildman–Crippen LogP) is 5.99. The van der Waals surface area contributed by atoms with Crippen LogP contribution in [-0.2, 0) is 9.59 Å². The molecule has 2 saturated carbocycles. The third-order valence-corrected chi connectivity index (χ3v) is 7.37. The van der Waals surface area contributed by atoms with Gasteiger partial charge in [0.15, 0.2) is 0 Å². The van der Waals surface area contributed by atoms with E-state index in [0.717, 1.165) is 57.8 Å². The van der Waals surface area contributed by atoms with E-state index in [1.165, 1.54) is 0 Å². The van der Waals surface area contributed by atoms with E-state index in [2.05, 4.69) is 27.7 Å². The minimum atomic E-state index is -1.16. The van der Waals surface area contributed by atoms with Crippen molar-refractivity contribution in [2.75, 3.05) is 0 Å². The highest BCUT2D eigenvalue weighted by molar-refractivity contribution is 5.87. The van der Waals surface area contributed by atoms with Crippen LogP contribution in [0, 0.1) is 34.5 Å². The van der Waals surface area contributed by atoms with Crippen molar-refractivity contribution >= 4 is 11.9 Å². The Bertz CT molecular complexity index is 514. The summed E-state index contributed by atoms with van der Waals surface area (Å²) in [6, 6.07) is 0. The minimum absolute atomic E-state index is 0.0193. The van der Waals surface area contributed by atoms with E-state index in [4.69, 9.17) is 0 Å². The van der Waals surface area contributed by atoms with E-state index < -0.39 is 22.8 Å². The molecule has 2 aliphatic rings. The lowest BCUT2D eigenvalue weighted by Gasteiger charge is -2.54. The molecule has 0 heterocycles. The molecule has 0 amide bonds. The Morgan fingerprint density at radius 3 is 1.26 bits per heavy atom. The van der Waals surface area contributed by atoms with Crippen LogP contribution in [0.2, 0.25) is 0 Å². The molecule has 2 fully saturated rings. The monoisotopic (exact) mass is 380 g/mol. The van der Waals surface area contributed by atoms with Crippen molar-refractivity contribution in [3.63, 3.8) is 0 Å². The van der Waals surface area contributed by atoms with E-state index in [1.807, 2.05) is 0 Å². The number of carboxylic acids is 2. The topological polar surface area (TPSA) is 74.6 Å². The van der Waals surface area contributed by atoms with Gasteiger partial charge in [-0.3, -0.25) is 9.59 Å². The summed E-state index contributed by atoms with van der Waals surface area (Å²) in [6.45, 7) is 8.21. The fourth-order valence-electron chi connectivity index (χ4n) is 6.63. The van der Waals surface area contributed by atoms with E-state index in [1.54, 1.807) is 0 Å². The Hall–Kier alpha value is -1.06. The number of hydrogen-bond donors (Lipinski definition) is 2. The maximum atomic E-state index is 13.1. The van der Waals surface area contributed by atoms with Crippen molar-refractivity contribution in [2.24, 2.45) is 34.5 Å². The SMILES string of the molecule is CC(C)CC(C(=O)O)(C1CCCCC1)C(CC(C)C)(C(=O)O)C1CCCC1. The van der Waals surface area contributed by atoms with Crippen molar-refractivity contribution in [3.8, 4) is 0 Å². The van der Waals surface area contributed by atoms with Gasteiger partial charge in [0.1, 0.15) is 0 Å². The van der Waals surface area contributed by atoms with Crippen molar-refractivity contribution < 1.29 is 19.8 Å². The van der Waals surface area contributed by atoms with E-state index in [-0.39, 0.29) is 23.7 Å². The van der Waals surface area contributed by atoms with Gasteiger partial charge in [0.25, 0.3) is 0 Å². The molecule has 2 unspecified atom stereocenters. The molecule has 0 aromatic carbocycles. The summed E-state index contributed by atoms with van der Waals surface area (Å²) in [4.78, 5) is 26.1. The molecule has 4 nitrogen and oxygen atoms in total. The number of hydrogen-bond acceptors (Lipinski definition) is 2. The first-order valence-corrected chi connectivity index (χ1v) is 11.1. The van der Waals surface area contributed by atoms with E-state index in [0.29, 0.717) is 12.8 Å². The van der Waals surface area contributed by atoms with Crippen LogP contribution < -0.4 is 0 Å². The van der Waals surface area contributed by atoms with Crippen LogP contribution in [0.25, 0.3) is 0 Å². The standard InChI is InChI=1S/C23H40O4/c1-16(2)14-22(20(24)25,18-10-6-5-7-11-18)23(21(26)27,15-17(3)4)19-12-8-9-13-19/h16-19H,5-15H2,1-4H3,(H,24,25)(H,26,27). The van der Waals surface area contributed by atoms with Gasteiger partial charge < -0.3 is 10.2 Å². The molecule has 2 aliphatic carbocycles. The molecule has 27 heavy (non-hydrogen) atoms. The smallest absolute Gasteiger partial charge is 0.311 e. The second-order valence-corrected chi connectivity index (χ2v) is 10.1. The van der Waals surface area contributed by atoms with Gasteiger partial charge >= 0.3 is 11.9 Å². The zero-order valence-electron chi connectivity index (χ0n) is 17.8. The average Bonchev–Trinajstić information content (AvgIpc) is 3.12. The molecular formula is C23H40O4. The first-order valence-electron chi connectivity index (χ1n) is 11.1. The van der Waals surface area contributed by atoms with Crippen LogP contribution in [0.1, 0.15) is 98.3 Å². The second kappa shape index (κ2) is 8.96. The van der Waals surface area contributed by atoms with Gasteiger partial charge in [-0.25, -0.2) is 0 Å². The van der Waals surface area contributed by atoms with Crippen molar-refractivity contribution in [2.45, 2.75) is 98.3 Å². The number of rotatable bonds is 9. The zero-order valence-corrected chi connectivity index (χ0v) is 17.8. The van der Waals surface area contributed by atoms with Crippen LogP contribution in [-0.4, -0.2) is 22.2 Å². The summed E-state index contributed by atoms with van der Waals surface area (Å²) in [6.07, 6.45) is 9.64. The van der Waals surface area contributed by atoms with Crippen LogP contribution in [0.4, 0.5) is 0 Å². The molecule has 4 heteroatoms. The maximum absolute atomic E-state index is 13.1. The quantitative estimate of drug-likeness (QED) is 0.515. The molecule has 156 valence electrons. The lowest BCUT2D eigenvalue weighted by molar-refractivity contribution is -0.196. The van der Waals surface area contributed by atoms with Gasteiger partial charge in [0.05, 0.1) is 10.8 Å². The molecule has 0 spiro atoms. The molecule has 2 atom stereocenters. The summed E-state index contributed by atoms with van der Waals surface area (Å²) in [7, 11) is 0. The van der Waals surface area contributed by atoms with E-state index in [9.17, 15) is 19.8 Å². The van der Waals surface area contributed by atoms with Crippen LogP contribution >= 0.6 is 0 Å². The molecule has 2 rings (SSSR count). The third-order valence-electron chi connectivity index (χ3n) is 7.37. The Morgan fingerprint density at radius 1 is 0.704 bits per heavy atom. The van der Waals surface area contributed by atoms with Crippen LogP contribution in [0.5, 0.6) is 0 Å². The first-order chi connectivity index (χ1) is 12.7. The number of carbonyl (C=O) groups is 2. The fraction of sp³-hybridized carbons (Fsp3) is 0.913. The Balaban J connectivity index is 2.73. The zero-order chi connectivity index (χ0) is 20.2. The number of aliphatic carboxylic acids is 2. The summed E-state index contributed by atoms with van der Waals surface area (Å²) >= 11 is 0. The fourth-order valence-corrected chi connectivity index (χ4v) is 6.63. The highest BCUT2D eigenvalue weighted by atomic mass is 16.4. The highest BCUT2D eigenvalue weighted by Gasteiger charge is 2.67. The van der Waals surface area contributed by atoms with Gasteiger partial charge in [0.2, 0.25) is 0 Å². The van der Waals surface area contributed by atoms with Gasteiger partial charge in [-0.15, -0.1) is 0 Å². The molecule has 2 N–H and O–H groups in total. The molecule has 0 aromatic heterocycles. The minimum Gasteiger partial charge on any atom is -0.481 e. The second-order valence-electron chi connectivity index (χ2n) is 10.1. The van der Waals surface area contributed by atoms with Gasteiger partial charge in [-0.1, -0.05) is 59.8 Å².